The Morgan fingerprint density at radius 2 is 1.97 bits per heavy atom. The molecule has 6 nitrogen and oxygen atoms in total. The molecule has 0 aliphatic carbocycles. The summed E-state index contributed by atoms with van der Waals surface area (Å²) < 4.78 is 55.8. The number of fused-ring (bicyclic) bond motifs is 1. The Kier molecular flexibility index (Phi) is 6.17. The van der Waals surface area contributed by atoms with Gasteiger partial charge in [-0.3, -0.25) is 4.79 Å². The van der Waals surface area contributed by atoms with Crippen LogP contribution in [0.15, 0.2) is 52.9 Å². The number of hydrogen-bond acceptors (Lipinski definition) is 5. The lowest BCUT2D eigenvalue weighted by Gasteiger charge is -2.27. The summed E-state index contributed by atoms with van der Waals surface area (Å²) in [5, 5.41) is 2.41. The molecule has 2 heterocycles. The number of sulfonamides is 1. The third-order valence-electron chi connectivity index (χ3n) is 5.70. The van der Waals surface area contributed by atoms with Crippen molar-refractivity contribution in [1.82, 2.24) is 9.29 Å². The van der Waals surface area contributed by atoms with Crippen LogP contribution in [0.3, 0.4) is 0 Å². The monoisotopic (exact) mass is 489 g/mol. The van der Waals surface area contributed by atoms with Gasteiger partial charge in [-0.05, 0) is 36.8 Å². The first-order valence-electron chi connectivity index (χ1n) is 10.1. The van der Waals surface area contributed by atoms with Gasteiger partial charge in [0.05, 0.1) is 22.2 Å². The summed E-state index contributed by atoms with van der Waals surface area (Å²) in [6.45, 7) is 1.73. The van der Waals surface area contributed by atoms with E-state index in [1.165, 1.54) is 41.5 Å². The summed E-state index contributed by atoms with van der Waals surface area (Å²) in [6.07, 6.45) is 3.54. The van der Waals surface area contributed by atoms with Gasteiger partial charge in [0.25, 0.3) is 5.91 Å². The first kappa shape index (κ1) is 23.2. The fourth-order valence-corrected chi connectivity index (χ4v) is 5.94. The molecule has 0 saturated heterocycles. The average Bonchev–Trinajstić information content (AvgIpc) is 3.38. The molecule has 1 aliphatic heterocycles. The van der Waals surface area contributed by atoms with Crippen molar-refractivity contribution in [2.75, 3.05) is 19.0 Å². The topological polar surface area (TPSA) is 70.6 Å². The molecule has 4 rings (SSSR count). The third-order valence-corrected chi connectivity index (χ3v) is 8.28. The maximum absolute atomic E-state index is 14.4. The molecule has 0 spiro atoms. The number of carbonyl (C=O) groups excluding carboxylic acids is 1. The summed E-state index contributed by atoms with van der Waals surface area (Å²) in [5.74, 6) is -1.80. The van der Waals surface area contributed by atoms with Crippen LogP contribution in [-0.2, 0) is 14.8 Å². The van der Waals surface area contributed by atoms with Crippen LogP contribution >= 0.6 is 11.3 Å². The summed E-state index contributed by atoms with van der Waals surface area (Å²) in [5.41, 5.74) is 1.50. The van der Waals surface area contributed by atoms with Crippen molar-refractivity contribution < 1.29 is 22.0 Å². The number of amides is 1. The number of nitrogens with zero attached hydrogens (tertiary/aromatic N) is 3. The summed E-state index contributed by atoms with van der Waals surface area (Å²) >= 11 is 1.36. The molecule has 0 fully saturated rings. The second-order valence-electron chi connectivity index (χ2n) is 7.58. The minimum Gasteiger partial charge on any atom is -0.311 e. The Balaban J connectivity index is 1.76. The summed E-state index contributed by atoms with van der Waals surface area (Å²) in [6, 6.07) is 6.73. The zero-order valence-electron chi connectivity index (χ0n) is 18.1. The van der Waals surface area contributed by atoms with Crippen LogP contribution in [0, 0.1) is 11.6 Å². The van der Waals surface area contributed by atoms with Crippen molar-refractivity contribution in [3.63, 3.8) is 0 Å². The zero-order valence-corrected chi connectivity index (χ0v) is 19.8. The number of halogens is 2. The summed E-state index contributed by atoms with van der Waals surface area (Å²) in [7, 11) is -1.08. The Morgan fingerprint density at radius 3 is 2.61 bits per heavy atom. The molecule has 2 aromatic carbocycles. The predicted octanol–water partition coefficient (Wildman–Crippen LogP) is 4.71. The van der Waals surface area contributed by atoms with Gasteiger partial charge in [0, 0.05) is 42.9 Å². The van der Waals surface area contributed by atoms with Crippen LogP contribution < -0.4 is 4.90 Å². The van der Waals surface area contributed by atoms with Crippen LogP contribution in [0.25, 0.3) is 11.6 Å². The molecule has 3 aromatic rings. The molecule has 1 aliphatic rings. The lowest BCUT2D eigenvalue weighted by molar-refractivity contribution is -0.112. The lowest BCUT2D eigenvalue weighted by Crippen LogP contribution is -2.31. The van der Waals surface area contributed by atoms with E-state index in [-0.39, 0.29) is 22.8 Å². The highest BCUT2D eigenvalue weighted by molar-refractivity contribution is 7.89. The van der Waals surface area contributed by atoms with Gasteiger partial charge in [0.2, 0.25) is 10.0 Å². The number of benzene rings is 2. The highest BCUT2D eigenvalue weighted by Gasteiger charge is 2.34. The highest BCUT2D eigenvalue weighted by Crippen LogP contribution is 2.39. The van der Waals surface area contributed by atoms with Gasteiger partial charge in [-0.25, -0.2) is 22.2 Å². The van der Waals surface area contributed by atoms with E-state index in [0.29, 0.717) is 21.8 Å². The maximum atomic E-state index is 14.4. The Hall–Kier alpha value is -2.95. The highest BCUT2D eigenvalue weighted by atomic mass is 32.2. The third kappa shape index (κ3) is 4.09. The van der Waals surface area contributed by atoms with Crippen LogP contribution in [-0.4, -0.2) is 37.7 Å². The normalized spacial score (nSPS) is 16.0. The van der Waals surface area contributed by atoms with E-state index >= 15 is 0 Å². The van der Waals surface area contributed by atoms with Gasteiger partial charge < -0.3 is 4.90 Å². The van der Waals surface area contributed by atoms with E-state index in [4.69, 9.17) is 0 Å². The molecule has 172 valence electrons. The molecular formula is C23H21F2N3O3S2. The molecule has 0 bridgehead atoms. The molecule has 0 N–H and O–H groups in total. The molecule has 1 aromatic heterocycles. The molecule has 10 heteroatoms. The van der Waals surface area contributed by atoms with E-state index in [1.807, 2.05) is 0 Å². The van der Waals surface area contributed by atoms with E-state index in [9.17, 15) is 22.0 Å². The number of carbonyl (C=O) groups is 1. The van der Waals surface area contributed by atoms with Crippen molar-refractivity contribution in [2.45, 2.75) is 24.3 Å². The summed E-state index contributed by atoms with van der Waals surface area (Å²) in [4.78, 5) is 18.4. The van der Waals surface area contributed by atoms with Crippen molar-refractivity contribution in [2.24, 2.45) is 0 Å². The molecule has 0 saturated carbocycles. The second-order valence-corrected chi connectivity index (χ2v) is 10.5. The van der Waals surface area contributed by atoms with Crippen molar-refractivity contribution in [1.29, 1.82) is 0 Å². The zero-order chi connectivity index (χ0) is 23.9. The van der Waals surface area contributed by atoms with E-state index in [2.05, 4.69) is 4.98 Å². The minimum atomic E-state index is -4.06. The van der Waals surface area contributed by atoms with Crippen molar-refractivity contribution in [3.05, 3.63) is 75.7 Å². The van der Waals surface area contributed by atoms with Crippen molar-refractivity contribution >= 4 is 44.6 Å². The largest absolute Gasteiger partial charge is 0.311 e. The van der Waals surface area contributed by atoms with E-state index in [1.54, 1.807) is 37.7 Å². The van der Waals surface area contributed by atoms with Gasteiger partial charge in [-0.1, -0.05) is 13.0 Å². The number of aromatic nitrogens is 1. The molecule has 33 heavy (non-hydrogen) atoms. The standard InChI is InChI=1S/C23H21F2N3O3S2/c1-4-20(16-7-5-14(24)11-19(16)25)28(3)33(30,31)15-6-8-21-17(12-15)18(23(29)27(21)2)13-22-26-9-10-32-22/h5-13,20H,4H2,1-3H3/b18-13+. The van der Waals surface area contributed by atoms with Gasteiger partial charge in [-0.2, -0.15) is 4.31 Å². The number of likely N-dealkylation sites (N-methyl/N-ethyl adjacent to an activating group) is 1. The van der Waals surface area contributed by atoms with Gasteiger partial charge in [0.15, 0.2) is 0 Å². The predicted molar refractivity (Wildman–Crippen MR) is 124 cm³/mol. The van der Waals surface area contributed by atoms with Crippen LogP contribution in [0.4, 0.5) is 14.5 Å². The average molecular weight is 490 g/mol. The molecule has 1 unspecified atom stereocenters. The van der Waals surface area contributed by atoms with Gasteiger partial charge in [-0.15, -0.1) is 11.3 Å². The number of hydrogen-bond donors (Lipinski definition) is 0. The molecule has 1 atom stereocenters. The Morgan fingerprint density at radius 1 is 1.21 bits per heavy atom. The van der Waals surface area contributed by atoms with E-state index < -0.39 is 27.7 Å². The van der Waals surface area contributed by atoms with E-state index in [0.717, 1.165) is 16.4 Å². The van der Waals surface area contributed by atoms with Gasteiger partial charge >= 0.3 is 0 Å². The minimum absolute atomic E-state index is 0.0298. The fourth-order valence-electron chi connectivity index (χ4n) is 3.94. The fraction of sp³-hybridized carbons (Fsp3) is 0.217. The smallest absolute Gasteiger partial charge is 0.258 e. The SMILES string of the molecule is CCC(c1ccc(F)cc1F)N(C)S(=O)(=O)c1ccc2c(c1)/C(=C\c1nccs1)C(=O)N2C. The molecule has 0 radical (unpaired) electrons. The second kappa shape index (κ2) is 8.77. The van der Waals surface area contributed by atoms with Crippen LogP contribution in [0.1, 0.15) is 35.5 Å². The van der Waals surface area contributed by atoms with Crippen molar-refractivity contribution in [3.8, 4) is 0 Å². The Labute approximate surface area is 194 Å². The van der Waals surface area contributed by atoms with Gasteiger partial charge in [0.1, 0.15) is 16.6 Å². The first-order valence-corrected chi connectivity index (χ1v) is 12.4. The molecule has 1 amide bonds. The maximum Gasteiger partial charge on any atom is 0.258 e. The number of rotatable bonds is 6. The quantitative estimate of drug-likeness (QED) is 0.470. The van der Waals surface area contributed by atoms with Crippen LogP contribution in [0.2, 0.25) is 0 Å². The molecular weight excluding hydrogens is 468 g/mol. The first-order chi connectivity index (χ1) is 15.6. The lowest BCUT2D eigenvalue weighted by atomic mass is 10.0. The number of thiazole rings is 1. The Bertz CT molecular complexity index is 1360. The van der Waals surface area contributed by atoms with Crippen LogP contribution in [0.5, 0.6) is 0 Å². The number of anilines is 1.